The van der Waals surface area contributed by atoms with E-state index in [1.165, 1.54) is 0 Å². The highest BCUT2D eigenvalue weighted by atomic mass is 16.5. The van der Waals surface area contributed by atoms with Crippen LogP contribution in [0.3, 0.4) is 0 Å². The summed E-state index contributed by atoms with van der Waals surface area (Å²) in [6.45, 7) is 10.2. The SMILES string of the molecule is Cc1cc(N(C)CCN2C[C@@H](C)O[C@@H](C)C2)nc(-c2cccnc2)n1. The third-order valence-corrected chi connectivity index (χ3v) is 4.40. The van der Waals surface area contributed by atoms with Crippen molar-refractivity contribution in [2.45, 2.75) is 33.0 Å². The van der Waals surface area contributed by atoms with E-state index in [2.05, 4.69) is 40.7 Å². The number of rotatable bonds is 5. The van der Waals surface area contributed by atoms with Gasteiger partial charge in [-0.3, -0.25) is 9.88 Å². The first kappa shape index (κ1) is 17.8. The molecule has 6 nitrogen and oxygen atoms in total. The van der Waals surface area contributed by atoms with Gasteiger partial charge in [0.2, 0.25) is 0 Å². The van der Waals surface area contributed by atoms with Crippen LogP contribution in [-0.2, 0) is 4.74 Å². The molecule has 2 aromatic heterocycles. The zero-order chi connectivity index (χ0) is 17.8. The first-order valence-electron chi connectivity index (χ1n) is 8.86. The summed E-state index contributed by atoms with van der Waals surface area (Å²) in [5.74, 6) is 1.67. The highest BCUT2D eigenvalue weighted by molar-refractivity contribution is 5.56. The zero-order valence-corrected chi connectivity index (χ0v) is 15.5. The van der Waals surface area contributed by atoms with Crippen molar-refractivity contribution in [3.05, 3.63) is 36.3 Å². The number of morpholine rings is 1. The number of aromatic nitrogens is 3. The van der Waals surface area contributed by atoms with Crippen LogP contribution in [0.15, 0.2) is 30.6 Å². The topological polar surface area (TPSA) is 54.4 Å². The molecule has 25 heavy (non-hydrogen) atoms. The van der Waals surface area contributed by atoms with Crippen molar-refractivity contribution in [2.24, 2.45) is 0 Å². The van der Waals surface area contributed by atoms with Crippen molar-refractivity contribution in [1.29, 1.82) is 0 Å². The predicted molar refractivity (Wildman–Crippen MR) is 99.7 cm³/mol. The quantitative estimate of drug-likeness (QED) is 0.832. The Bertz CT molecular complexity index is 683. The third-order valence-electron chi connectivity index (χ3n) is 4.40. The standard InChI is InChI=1S/C19H27N5O/c1-14-10-18(22-19(21-14)17-6-5-7-20-11-17)23(4)8-9-24-12-15(2)25-16(3)13-24/h5-7,10-11,15-16H,8-9,12-13H2,1-4H3/t15-,16+. The molecule has 6 heteroatoms. The molecular weight excluding hydrogens is 314 g/mol. The van der Waals surface area contributed by atoms with Gasteiger partial charge in [0.25, 0.3) is 0 Å². The van der Waals surface area contributed by atoms with E-state index in [4.69, 9.17) is 9.72 Å². The fourth-order valence-electron chi connectivity index (χ4n) is 3.24. The average molecular weight is 341 g/mol. The van der Waals surface area contributed by atoms with Crippen LogP contribution >= 0.6 is 0 Å². The van der Waals surface area contributed by atoms with Crippen LogP contribution in [0.2, 0.25) is 0 Å². The van der Waals surface area contributed by atoms with E-state index in [-0.39, 0.29) is 0 Å². The number of hydrogen-bond acceptors (Lipinski definition) is 6. The maximum atomic E-state index is 5.81. The fraction of sp³-hybridized carbons (Fsp3) is 0.526. The molecule has 0 unspecified atom stereocenters. The third kappa shape index (κ3) is 4.74. The number of anilines is 1. The molecule has 1 aliphatic rings. The van der Waals surface area contributed by atoms with E-state index in [0.717, 1.165) is 49.1 Å². The minimum Gasteiger partial charge on any atom is -0.373 e. The summed E-state index contributed by atoms with van der Waals surface area (Å²) in [6, 6.07) is 5.93. The Morgan fingerprint density at radius 3 is 2.68 bits per heavy atom. The van der Waals surface area contributed by atoms with Crippen LogP contribution in [0.4, 0.5) is 5.82 Å². The predicted octanol–water partition coefficient (Wildman–Crippen LogP) is 2.39. The van der Waals surface area contributed by atoms with Gasteiger partial charge in [-0.1, -0.05) is 0 Å². The van der Waals surface area contributed by atoms with Crippen molar-refractivity contribution >= 4 is 5.82 Å². The number of aryl methyl sites for hydroxylation is 1. The van der Waals surface area contributed by atoms with E-state index in [1.807, 2.05) is 25.1 Å². The highest BCUT2D eigenvalue weighted by Gasteiger charge is 2.22. The molecule has 0 N–H and O–H groups in total. The van der Waals surface area contributed by atoms with Crippen molar-refractivity contribution < 1.29 is 4.74 Å². The second-order valence-corrected chi connectivity index (χ2v) is 6.87. The summed E-state index contributed by atoms with van der Waals surface area (Å²) in [5.41, 5.74) is 1.90. The van der Waals surface area contributed by atoms with Gasteiger partial charge in [0.1, 0.15) is 5.82 Å². The molecule has 1 fully saturated rings. The molecule has 2 atom stereocenters. The van der Waals surface area contributed by atoms with Crippen LogP contribution in [-0.4, -0.2) is 65.3 Å². The van der Waals surface area contributed by atoms with Crippen molar-refractivity contribution in [3.8, 4) is 11.4 Å². The number of ether oxygens (including phenoxy) is 1. The van der Waals surface area contributed by atoms with E-state index in [0.29, 0.717) is 12.2 Å². The van der Waals surface area contributed by atoms with Crippen LogP contribution in [0, 0.1) is 6.92 Å². The lowest BCUT2D eigenvalue weighted by atomic mass is 10.2. The molecule has 0 aliphatic carbocycles. The van der Waals surface area contributed by atoms with Gasteiger partial charge in [0.05, 0.1) is 12.2 Å². The second kappa shape index (κ2) is 7.89. The van der Waals surface area contributed by atoms with E-state index < -0.39 is 0 Å². The Kier molecular flexibility index (Phi) is 5.60. The molecule has 0 aromatic carbocycles. The normalized spacial score (nSPS) is 21.3. The summed E-state index contributed by atoms with van der Waals surface area (Å²) < 4.78 is 5.81. The lowest BCUT2D eigenvalue weighted by molar-refractivity contribution is -0.0670. The van der Waals surface area contributed by atoms with Gasteiger partial charge in [0.15, 0.2) is 5.82 Å². The summed E-state index contributed by atoms with van der Waals surface area (Å²) in [5, 5.41) is 0. The molecule has 2 aromatic rings. The number of nitrogens with zero attached hydrogens (tertiary/aromatic N) is 5. The summed E-state index contributed by atoms with van der Waals surface area (Å²) in [4.78, 5) is 18.1. The molecule has 0 saturated carbocycles. The Hall–Kier alpha value is -2.05. The molecule has 3 rings (SSSR count). The molecule has 0 radical (unpaired) electrons. The van der Waals surface area contributed by atoms with Crippen LogP contribution in [0.5, 0.6) is 0 Å². The molecule has 0 bridgehead atoms. The first-order chi connectivity index (χ1) is 12.0. The molecule has 0 spiro atoms. The minimum atomic E-state index is 0.299. The first-order valence-corrected chi connectivity index (χ1v) is 8.86. The van der Waals surface area contributed by atoms with Crippen molar-refractivity contribution in [3.63, 3.8) is 0 Å². The van der Waals surface area contributed by atoms with Crippen LogP contribution < -0.4 is 4.90 Å². The summed E-state index contributed by atoms with van der Waals surface area (Å²) in [6.07, 6.45) is 4.16. The molecule has 1 aliphatic heterocycles. The van der Waals surface area contributed by atoms with E-state index in [9.17, 15) is 0 Å². The van der Waals surface area contributed by atoms with Gasteiger partial charge in [-0.15, -0.1) is 0 Å². The Morgan fingerprint density at radius 1 is 1.24 bits per heavy atom. The van der Waals surface area contributed by atoms with Gasteiger partial charge < -0.3 is 9.64 Å². The zero-order valence-electron chi connectivity index (χ0n) is 15.5. The lowest BCUT2D eigenvalue weighted by Gasteiger charge is -2.36. The average Bonchev–Trinajstić information content (AvgIpc) is 2.59. The van der Waals surface area contributed by atoms with E-state index in [1.54, 1.807) is 12.4 Å². The van der Waals surface area contributed by atoms with Gasteiger partial charge in [-0.2, -0.15) is 0 Å². The molecule has 3 heterocycles. The maximum absolute atomic E-state index is 5.81. The number of hydrogen-bond donors (Lipinski definition) is 0. The lowest BCUT2D eigenvalue weighted by Crippen LogP contribution is -2.47. The van der Waals surface area contributed by atoms with E-state index >= 15 is 0 Å². The highest BCUT2D eigenvalue weighted by Crippen LogP contribution is 2.19. The fourth-order valence-corrected chi connectivity index (χ4v) is 3.24. The Morgan fingerprint density at radius 2 is 2.00 bits per heavy atom. The second-order valence-electron chi connectivity index (χ2n) is 6.87. The van der Waals surface area contributed by atoms with Gasteiger partial charge in [-0.05, 0) is 32.9 Å². The van der Waals surface area contributed by atoms with Gasteiger partial charge in [0, 0.05) is 62.9 Å². The maximum Gasteiger partial charge on any atom is 0.163 e. The van der Waals surface area contributed by atoms with Crippen LogP contribution in [0.25, 0.3) is 11.4 Å². The number of pyridine rings is 1. The molecule has 134 valence electrons. The summed E-state index contributed by atoms with van der Waals surface area (Å²) >= 11 is 0. The molecule has 0 amide bonds. The molecule has 1 saturated heterocycles. The Labute approximate surface area is 149 Å². The number of likely N-dealkylation sites (N-methyl/N-ethyl adjacent to an activating group) is 1. The van der Waals surface area contributed by atoms with Gasteiger partial charge >= 0.3 is 0 Å². The summed E-state index contributed by atoms with van der Waals surface area (Å²) in [7, 11) is 2.09. The smallest absolute Gasteiger partial charge is 0.163 e. The van der Waals surface area contributed by atoms with Crippen LogP contribution in [0.1, 0.15) is 19.5 Å². The molecular formula is C19H27N5O. The Balaban J connectivity index is 1.68. The van der Waals surface area contributed by atoms with Gasteiger partial charge in [-0.25, -0.2) is 9.97 Å². The largest absolute Gasteiger partial charge is 0.373 e. The monoisotopic (exact) mass is 341 g/mol. The van der Waals surface area contributed by atoms with Crippen molar-refractivity contribution in [2.75, 3.05) is 38.1 Å². The van der Waals surface area contributed by atoms with Crippen molar-refractivity contribution in [1.82, 2.24) is 19.9 Å². The minimum absolute atomic E-state index is 0.299.